The molecule has 1 heterocycles. The molecule has 0 spiro atoms. The molecular formula is C25H31NO5S. The van der Waals surface area contributed by atoms with Crippen LogP contribution in [0.1, 0.15) is 60.5 Å². The van der Waals surface area contributed by atoms with Crippen molar-refractivity contribution in [2.75, 3.05) is 19.0 Å². The van der Waals surface area contributed by atoms with Gasteiger partial charge >= 0.3 is 5.97 Å². The normalized spacial score (nSPS) is 15.5. The third kappa shape index (κ3) is 5.71. The fourth-order valence-electron chi connectivity index (χ4n) is 3.72. The zero-order valence-electron chi connectivity index (χ0n) is 19.3. The van der Waals surface area contributed by atoms with E-state index >= 15 is 0 Å². The van der Waals surface area contributed by atoms with Crippen molar-refractivity contribution in [3.8, 4) is 11.5 Å². The Bertz CT molecular complexity index is 1010. The number of methoxy groups -OCH3 is 1. The van der Waals surface area contributed by atoms with Crippen LogP contribution in [0.4, 0.5) is 5.00 Å². The number of fused-ring (bicyclic) bond motifs is 1. The predicted octanol–water partition coefficient (Wildman–Crippen LogP) is 5.50. The van der Waals surface area contributed by atoms with E-state index in [9.17, 15) is 9.59 Å². The summed E-state index contributed by atoms with van der Waals surface area (Å²) in [6, 6.07) is 5.50. The van der Waals surface area contributed by atoms with Gasteiger partial charge in [-0.05, 0) is 75.3 Å². The van der Waals surface area contributed by atoms with Gasteiger partial charge < -0.3 is 19.5 Å². The monoisotopic (exact) mass is 457 g/mol. The van der Waals surface area contributed by atoms with E-state index in [1.807, 2.05) is 32.0 Å². The van der Waals surface area contributed by atoms with Crippen molar-refractivity contribution >= 4 is 34.3 Å². The highest BCUT2D eigenvalue weighted by Crippen LogP contribution is 2.40. The summed E-state index contributed by atoms with van der Waals surface area (Å²) in [5.41, 5.74) is 2.34. The number of nitrogens with one attached hydrogen (secondary N) is 1. The lowest BCUT2D eigenvalue weighted by atomic mass is 9.88. The molecule has 0 radical (unpaired) electrons. The smallest absolute Gasteiger partial charge is 0.341 e. The Morgan fingerprint density at radius 3 is 2.75 bits per heavy atom. The highest BCUT2D eigenvalue weighted by Gasteiger charge is 2.28. The molecule has 6 nitrogen and oxygen atoms in total. The number of carbonyl (C=O) groups excluding carboxylic acids is 2. The van der Waals surface area contributed by atoms with Gasteiger partial charge in [0.2, 0.25) is 5.91 Å². The Morgan fingerprint density at radius 1 is 1.28 bits per heavy atom. The van der Waals surface area contributed by atoms with Crippen LogP contribution in [-0.4, -0.2) is 31.7 Å². The van der Waals surface area contributed by atoms with Crippen LogP contribution in [0.25, 0.3) is 6.08 Å². The number of carbonyl (C=O) groups is 2. The Kier molecular flexibility index (Phi) is 7.96. The SMILES string of the molecule is CCOC(=O)c1c(NC(=O)/C=C/c2ccc(OC(C)C)c(OC)c2)sc2c1CCC(C)C2. The summed E-state index contributed by atoms with van der Waals surface area (Å²) in [5.74, 6) is 1.15. The largest absolute Gasteiger partial charge is 0.493 e. The Hall–Kier alpha value is -2.80. The average molecular weight is 458 g/mol. The highest BCUT2D eigenvalue weighted by molar-refractivity contribution is 7.17. The molecule has 172 valence electrons. The second-order valence-corrected chi connectivity index (χ2v) is 9.28. The molecular weight excluding hydrogens is 426 g/mol. The van der Waals surface area contributed by atoms with Gasteiger partial charge in [-0.1, -0.05) is 13.0 Å². The van der Waals surface area contributed by atoms with Crippen LogP contribution in [0, 0.1) is 5.92 Å². The molecule has 2 aromatic rings. The number of amides is 1. The minimum absolute atomic E-state index is 0.0317. The number of thiophene rings is 1. The van der Waals surface area contributed by atoms with Crippen molar-refractivity contribution in [1.29, 1.82) is 0 Å². The van der Waals surface area contributed by atoms with Gasteiger partial charge in [0.1, 0.15) is 5.00 Å². The van der Waals surface area contributed by atoms with Gasteiger partial charge in [-0.25, -0.2) is 4.79 Å². The molecule has 1 aliphatic carbocycles. The molecule has 1 atom stereocenters. The molecule has 1 aliphatic rings. The average Bonchev–Trinajstić information content (AvgIpc) is 3.09. The molecule has 1 unspecified atom stereocenters. The van der Waals surface area contributed by atoms with Crippen LogP contribution in [0.3, 0.4) is 0 Å². The number of hydrogen-bond acceptors (Lipinski definition) is 6. The number of benzene rings is 1. The molecule has 1 amide bonds. The summed E-state index contributed by atoms with van der Waals surface area (Å²) in [5, 5.41) is 3.46. The number of esters is 1. The van der Waals surface area contributed by atoms with E-state index in [2.05, 4.69) is 12.2 Å². The molecule has 3 rings (SSSR count). The van der Waals surface area contributed by atoms with E-state index in [0.717, 1.165) is 35.3 Å². The van der Waals surface area contributed by atoms with Gasteiger partial charge in [0.05, 0.1) is 25.4 Å². The van der Waals surface area contributed by atoms with Gasteiger partial charge in [0, 0.05) is 11.0 Å². The molecule has 0 aliphatic heterocycles. The second-order valence-electron chi connectivity index (χ2n) is 8.18. The minimum Gasteiger partial charge on any atom is -0.493 e. The highest BCUT2D eigenvalue weighted by atomic mass is 32.1. The first-order valence-electron chi connectivity index (χ1n) is 11.0. The van der Waals surface area contributed by atoms with Crippen molar-refractivity contribution in [3.63, 3.8) is 0 Å². The van der Waals surface area contributed by atoms with Gasteiger partial charge in [0.15, 0.2) is 11.5 Å². The van der Waals surface area contributed by atoms with E-state index in [1.165, 1.54) is 17.4 Å². The summed E-state index contributed by atoms with van der Waals surface area (Å²) >= 11 is 1.48. The standard InChI is InChI=1S/C25H31NO5S/c1-6-30-25(28)23-18-10-7-16(4)13-21(18)32-24(23)26-22(27)12-9-17-8-11-19(31-15(2)3)20(14-17)29-5/h8-9,11-12,14-16H,6-7,10,13H2,1-5H3,(H,26,27)/b12-9+. The third-order valence-corrected chi connectivity index (χ3v) is 6.38. The third-order valence-electron chi connectivity index (χ3n) is 5.21. The van der Waals surface area contributed by atoms with E-state index in [1.54, 1.807) is 20.1 Å². The summed E-state index contributed by atoms with van der Waals surface area (Å²) in [6.45, 7) is 8.19. The van der Waals surface area contributed by atoms with Crippen molar-refractivity contribution in [1.82, 2.24) is 0 Å². The fourth-order valence-corrected chi connectivity index (χ4v) is 5.12. The first-order valence-corrected chi connectivity index (χ1v) is 11.8. The number of rotatable bonds is 8. The van der Waals surface area contributed by atoms with Crippen molar-refractivity contribution in [3.05, 3.63) is 45.8 Å². The van der Waals surface area contributed by atoms with Crippen LogP contribution in [-0.2, 0) is 22.4 Å². The van der Waals surface area contributed by atoms with Gasteiger partial charge in [0.25, 0.3) is 0 Å². The van der Waals surface area contributed by atoms with E-state index in [0.29, 0.717) is 34.6 Å². The van der Waals surface area contributed by atoms with Crippen LogP contribution in [0.2, 0.25) is 0 Å². The van der Waals surface area contributed by atoms with Crippen molar-refractivity contribution < 1.29 is 23.8 Å². The first kappa shape index (κ1) is 23.9. The number of ether oxygens (including phenoxy) is 3. The molecule has 0 saturated carbocycles. The van der Waals surface area contributed by atoms with Crippen LogP contribution >= 0.6 is 11.3 Å². The van der Waals surface area contributed by atoms with Crippen LogP contribution in [0.15, 0.2) is 24.3 Å². The van der Waals surface area contributed by atoms with Gasteiger partial charge in [-0.15, -0.1) is 11.3 Å². The maximum atomic E-state index is 12.7. The minimum atomic E-state index is -0.371. The zero-order chi connectivity index (χ0) is 23.3. The summed E-state index contributed by atoms with van der Waals surface area (Å²) < 4.78 is 16.4. The Labute approximate surface area is 193 Å². The molecule has 0 fully saturated rings. The van der Waals surface area contributed by atoms with Crippen LogP contribution in [0.5, 0.6) is 11.5 Å². The molecule has 32 heavy (non-hydrogen) atoms. The summed E-state index contributed by atoms with van der Waals surface area (Å²) in [7, 11) is 1.58. The molecule has 1 aromatic carbocycles. The zero-order valence-corrected chi connectivity index (χ0v) is 20.1. The van der Waals surface area contributed by atoms with Crippen LogP contribution < -0.4 is 14.8 Å². The maximum absolute atomic E-state index is 12.7. The second kappa shape index (κ2) is 10.7. The predicted molar refractivity (Wildman–Crippen MR) is 128 cm³/mol. The first-order chi connectivity index (χ1) is 15.3. The Morgan fingerprint density at radius 2 is 2.06 bits per heavy atom. The molecule has 0 bridgehead atoms. The summed E-state index contributed by atoms with van der Waals surface area (Å²) in [6.07, 6.45) is 5.97. The Balaban J connectivity index is 1.79. The lowest BCUT2D eigenvalue weighted by Crippen LogP contribution is -2.15. The molecule has 0 saturated heterocycles. The lowest BCUT2D eigenvalue weighted by molar-refractivity contribution is -0.111. The fraction of sp³-hybridized carbons (Fsp3) is 0.440. The van der Waals surface area contributed by atoms with Crippen molar-refractivity contribution in [2.45, 2.75) is 53.1 Å². The quantitative estimate of drug-likeness (QED) is 0.419. The molecule has 7 heteroatoms. The van der Waals surface area contributed by atoms with E-state index in [4.69, 9.17) is 14.2 Å². The lowest BCUT2D eigenvalue weighted by Gasteiger charge is -2.18. The van der Waals surface area contributed by atoms with Gasteiger partial charge in [-0.3, -0.25) is 4.79 Å². The summed E-state index contributed by atoms with van der Waals surface area (Å²) in [4.78, 5) is 26.4. The van der Waals surface area contributed by atoms with E-state index in [-0.39, 0.29) is 18.0 Å². The molecule has 1 N–H and O–H groups in total. The molecule has 1 aromatic heterocycles. The van der Waals surface area contributed by atoms with Gasteiger partial charge in [-0.2, -0.15) is 0 Å². The maximum Gasteiger partial charge on any atom is 0.341 e. The van der Waals surface area contributed by atoms with E-state index < -0.39 is 0 Å². The van der Waals surface area contributed by atoms with Crippen molar-refractivity contribution in [2.24, 2.45) is 5.92 Å². The topological polar surface area (TPSA) is 73.9 Å². The number of anilines is 1. The number of hydrogen-bond donors (Lipinski definition) is 1.